The summed E-state index contributed by atoms with van der Waals surface area (Å²) < 4.78 is 1.75. The second-order valence-electron chi connectivity index (χ2n) is 4.81. The van der Waals surface area contributed by atoms with Gasteiger partial charge in [0.1, 0.15) is 5.03 Å². The van der Waals surface area contributed by atoms with Crippen LogP contribution in [0.25, 0.3) is 0 Å². The summed E-state index contributed by atoms with van der Waals surface area (Å²) in [5.74, 6) is -0.983. The number of hydrogen-bond acceptors (Lipinski definition) is 6. The van der Waals surface area contributed by atoms with Crippen LogP contribution < -0.4 is 0 Å². The van der Waals surface area contributed by atoms with E-state index in [1.54, 1.807) is 17.7 Å². The van der Waals surface area contributed by atoms with Crippen LogP contribution in [0.4, 0.5) is 0 Å². The van der Waals surface area contributed by atoms with Gasteiger partial charge in [-0.25, -0.2) is 14.5 Å². The van der Waals surface area contributed by atoms with Crippen molar-refractivity contribution < 1.29 is 9.90 Å². The van der Waals surface area contributed by atoms with E-state index in [0.717, 1.165) is 18.5 Å². The summed E-state index contributed by atoms with van der Waals surface area (Å²) in [7, 11) is 0. The number of carbonyl (C=O) groups is 1. The van der Waals surface area contributed by atoms with E-state index in [2.05, 4.69) is 20.5 Å². The molecule has 1 saturated carbocycles. The Morgan fingerprint density at radius 2 is 2.20 bits per heavy atom. The summed E-state index contributed by atoms with van der Waals surface area (Å²) in [6.07, 6.45) is 2.12. The third-order valence-corrected chi connectivity index (χ3v) is 4.01. The van der Waals surface area contributed by atoms with Crippen LogP contribution in [0.2, 0.25) is 0 Å². The van der Waals surface area contributed by atoms with Crippen molar-refractivity contribution in [3.05, 3.63) is 22.9 Å². The van der Waals surface area contributed by atoms with E-state index >= 15 is 0 Å². The second kappa shape index (κ2) is 4.86. The van der Waals surface area contributed by atoms with Gasteiger partial charge in [0.2, 0.25) is 5.16 Å². The summed E-state index contributed by atoms with van der Waals surface area (Å²) in [6, 6.07) is 2.10. The van der Waals surface area contributed by atoms with Crippen molar-refractivity contribution in [3.8, 4) is 0 Å². The summed E-state index contributed by atoms with van der Waals surface area (Å²) >= 11 is 1.21. The molecule has 20 heavy (non-hydrogen) atoms. The third kappa shape index (κ3) is 2.38. The van der Waals surface area contributed by atoms with E-state index in [9.17, 15) is 9.90 Å². The van der Waals surface area contributed by atoms with Crippen LogP contribution in [0.15, 0.2) is 16.2 Å². The van der Waals surface area contributed by atoms with Crippen molar-refractivity contribution in [2.75, 3.05) is 0 Å². The molecule has 2 heterocycles. The molecule has 2 aromatic heterocycles. The minimum absolute atomic E-state index is 0.214. The number of aryl methyl sites for hydroxylation is 2. The molecule has 0 bridgehead atoms. The Hall–Kier alpha value is -1.96. The summed E-state index contributed by atoms with van der Waals surface area (Å²) in [5.41, 5.74) is 1.68. The number of tetrazole rings is 1. The Labute approximate surface area is 119 Å². The topological polar surface area (TPSA) is 93.8 Å². The van der Waals surface area contributed by atoms with Crippen molar-refractivity contribution in [2.45, 2.75) is 42.9 Å². The first-order chi connectivity index (χ1) is 9.56. The van der Waals surface area contributed by atoms with Crippen molar-refractivity contribution >= 4 is 17.7 Å². The molecule has 0 aromatic carbocycles. The lowest BCUT2D eigenvalue weighted by molar-refractivity contribution is 0.0691. The number of carboxylic acids is 1. The molecule has 1 aliphatic rings. The molecule has 1 fully saturated rings. The zero-order chi connectivity index (χ0) is 14.3. The Morgan fingerprint density at radius 1 is 1.45 bits per heavy atom. The van der Waals surface area contributed by atoms with Crippen molar-refractivity contribution in [1.29, 1.82) is 0 Å². The van der Waals surface area contributed by atoms with Gasteiger partial charge in [0.15, 0.2) is 0 Å². The van der Waals surface area contributed by atoms with Crippen molar-refractivity contribution in [1.82, 2.24) is 25.2 Å². The molecule has 2 aromatic rings. The first-order valence-electron chi connectivity index (χ1n) is 6.23. The van der Waals surface area contributed by atoms with Crippen LogP contribution in [-0.4, -0.2) is 36.3 Å². The zero-order valence-electron chi connectivity index (χ0n) is 11.1. The molecule has 104 valence electrons. The average molecular weight is 291 g/mol. The van der Waals surface area contributed by atoms with Gasteiger partial charge in [-0.05, 0) is 60.5 Å². The highest BCUT2D eigenvalue weighted by atomic mass is 32.2. The van der Waals surface area contributed by atoms with Gasteiger partial charge >= 0.3 is 5.97 Å². The van der Waals surface area contributed by atoms with Gasteiger partial charge in [0, 0.05) is 5.69 Å². The first-order valence-corrected chi connectivity index (χ1v) is 7.05. The molecular formula is C12H13N5O2S. The lowest BCUT2D eigenvalue weighted by Crippen LogP contribution is -2.06. The summed E-state index contributed by atoms with van der Waals surface area (Å²) in [6.45, 7) is 3.61. The normalized spacial score (nSPS) is 14.5. The van der Waals surface area contributed by atoms with E-state index in [0.29, 0.717) is 21.8 Å². The Bertz CT molecular complexity index is 680. The van der Waals surface area contributed by atoms with E-state index < -0.39 is 5.97 Å². The fourth-order valence-electron chi connectivity index (χ4n) is 2.02. The van der Waals surface area contributed by atoms with E-state index in [1.165, 1.54) is 11.8 Å². The maximum absolute atomic E-state index is 11.4. The quantitative estimate of drug-likeness (QED) is 0.918. The van der Waals surface area contributed by atoms with Gasteiger partial charge in [-0.15, -0.1) is 5.10 Å². The molecule has 0 radical (unpaired) electrons. The zero-order valence-corrected chi connectivity index (χ0v) is 11.9. The van der Waals surface area contributed by atoms with Crippen LogP contribution in [0.3, 0.4) is 0 Å². The number of rotatable bonds is 4. The molecule has 0 spiro atoms. The minimum Gasteiger partial charge on any atom is -0.478 e. The molecule has 1 aliphatic carbocycles. The van der Waals surface area contributed by atoms with Crippen molar-refractivity contribution in [2.24, 2.45) is 0 Å². The highest BCUT2D eigenvalue weighted by Gasteiger charge is 2.29. The number of pyridine rings is 1. The van der Waals surface area contributed by atoms with E-state index in [-0.39, 0.29) is 5.56 Å². The van der Waals surface area contributed by atoms with Crippen LogP contribution in [0.5, 0.6) is 0 Å². The Kier molecular flexibility index (Phi) is 3.17. The molecule has 0 unspecified atom stereocenters. The molecule has 1 N–H and O–H groups in total. The van der Waals surface area contributed by atoms with Gasteiger partial charge in [-0.2, -0.15) is 0 Å². The predicted molar refractivity (Wildman–Crippen MR) is 70.9 cm³/mol. The molecule has 0 amide bonds. The fourth-order valence-corrected chi connectivity index (χ4v) is 3.09. The monoisotopic (exact) mass is 291 g/mol. The summed E-state index contributed by atoms with van der Waals surface area (Å²) in [5, 5.41) is 22.0. The molecule has 0 saturated heterocycles. The molecule has 8 heteroatoms. The molecule has 0 atom stereocenters. The van der Waals surface area contributed by atoms with Crippen LogP contribution >= 0.6 is 11.8 Å². The Morgan fingerprint density at radius 3 is 2.85 bits per heavy atom. The predicted octanol–water partition coefficient (Wildman–Crippen LogP) is 1.87. The Balaban J connectivity index is 2.01. The standard InChI is InChI=1S/C12H13N5O2S/c1-6-5-7(2)13-10(9(6)11(18)19)20-12-14-15-16-17(12)8-3-4-8/h5,8H,3-4H2,1-2H3,(H,18,19). The van der Waals surface area contributed by atoms with Gasteiger partial charge in [0.25, 0.3) is 0 Å². The highest BCUT2D eigenvalue weighted by Crippen LogP contribution is 2.38. The number of aromatic carboxylic acids is 1. The van der Waals surface area contributed by atoms with Crippen LogP contribution in [-0.2, 0) is 0 Å². The van der Waals surface area contributed by atoms with Gasteiger partial charge in [0.05, 0.1) is 11.6 Å². The summed E-state index contributed by atoms with van der Waals surface area (Å²) in [4.78, 5) is 15.7. The third-order valence-electron chi connectivity index (χ3n) is 3.07. The number of hydrogen-bond donors (Lipinski definition) is 1. The number of carboxylic acid groups (broad SMARTS) is 1. The smallest absolute Gasteiger partial charge is 0.338 e. The minimum atomic E-state index is -0.983. The van der Waals surface area contributed by atoms with Crippen LogP contribution in [0.1, 0.15) is 40.5 Å². The second-order valence-corrected chi connectivity index (χ2v) is 5.76. The highest BCUT2D eigenvalue weighted by molar-refractivity contribution is 7.99. The molecule has 0 aliphatic heterocycles. The van der Waals surface area contributed by atoms with E-state index in [4.69, 9.17) is 0 Å². The van der Waals surface area contributed by atoms with Crippen LogP contribution in [0, 0.1) is 13.8 Å². The maximum atomic E-state index is 11.4. The van der Waals surface area contributed by atoms with E-state index in [1.807, 2.05) is 6.92 Å². The lowest BCUT2D eigenvalue weighted by Gasteiger charge is -2.08. The molecular weight excluding hydrogens is 278 g/mol. The SMILES string of the molecule is Cc1cc(C)c(C(=O)O)c(Sc2nnnn2C2CC2)n1. The fraction of sp³-hybridized carbons (Fsp3) is 0.417. The number of aromatic nitrogens is 5. The average Bonchev–Trinajstić information content (AvgIpc) is 3.09. The van der Waals surface area contributed by atoms with Crippen molar-refractivity contribution in [3.63, 3.8) is 0 Å². The van der Waals surface area contributed by atoms with Gasteiger partial charge in [-0.3, -0.25) is 0 Å². The molecule has 3 rings (SSSR count). The first kappa shape index (κ1) is 13.0. The molecule has 7 nitrogen and oxygen atoms in total. The largest absolute Gasteiger partial charge is 0.478 e. The number of nitrogens with zero attached hydrogens (tertiary/aromatic N) is 5. The van der Waals surface area contributed by atoms with Gasteiger partial charge < -0.3 is 5.11 Å². The maximum Gasteiger partial charge on any atom is 0.338 e. The van der Waals surface area contributed by atoms with Gasteiger partial charge in [-0.1, -0.05) is 0 Å². The lowest BCUT2D eigenvalue weighted by atomic mass is 10.1.